The van der Waals surface area contributed by atoms with Crippen molar-refractivity contribution in [3.05, 3.63) is 95.1 Å². The SMILES string of the molecule is COC(=O)c1cc(N2CCC(=O)CC2)c2c(C3CCC3)nn(-c3ccc(F)cc3)c2n1.COCC1CN(C2CCN(c3cc(C(=O)OC)nc4c3c(C3CCC3)nn4-c3ccc(F)cc3)CC2)CCO1. The van der Waals surface area contributed by atoms with Gasteiger partial charge in [-0.1, -0.05) is 12.8 Å². The topological polar surface area (TPSA) is 159 Å². The highest BCUT2D eigenvalue weighted by molar-refractivity contribution is 6.00. The van der Waals surface area contributed by atoms with Crippen molar-refractivity contribution in [2.75, 3.05) is 83.6 Å². The van der Waals surface area contributed by atoms with Crippen LogP contribution in [-0.4, -0.2) is 138 Å². The number of ether oxygens (including phenoxy) is 4. The molecule has 7 heterocycles. The molecule has 1 atom stereocenters. The first-order valence-corrected chi connectivity index (χ1v) is 24.5. The molecule has 3 aliphatic heterocycles. The van der Waals surface area contributed by atoms with Crippen molar-refractivity contribution >= 4 is 51.2 Å². The van der Waals surface area contributed by atoms with E-state index in [0.29, 0.717) is 73.1 Å². The van der Waals surface area contributed by atoms with Crippen LogP contribution >= 0.6 is 0 Å². The van der Waals surface area contributed by atoms with E-state index in [-0.39, 0.29) is 34.9 Å². The minimum atomic E-state index is -0.534. The van der Waals surface area contributed by atoms with Crippen molar-refractivity contribution in [1.82, 2.24) is 34.4 Å². The lowest BCUT2D eigenvalue weighted by Gasteiger charge is -2.43. The molecule has 368 valence electrons. The van der Waals surface area contributed by atoms with Crippen LogP contribution in [0.3, 0.4) is 0 Å². The number of fused-ring (bicyclic) bond motifs is 2. The number of morpholine rings is 1. The Kier molecular flexibility index (Phi) is 13.9. The molecule has 0 amide bonds. The summed E-state index contributed by atoms with van der Waals surface area (Å²) in [6.07, 6.45) is 9.67. The van der Waals surface area contributed by atoms with Gasteiger partial charge in [-0.3, -0.25) is 9.69 Å². The summed E-state index contributed by atoms with van der Waals surface area (Å²) in [4.78, 5) is 53.4. The maximum Gasteiger partial charge on any atom is 0.356 e. The number of hydrogen-bond acceptors (Lipinski definition) is 14. The second-order valence-electron chi connectivity index (χ2n) is 18.9. The molecule has 0 spiro atoms. The minimum absolute atomic E-state index is 0.117. The minimum Gasteiger partial charge on any atom is -0.464 e. The Morgan fingerprint density at radius 1 is 0.657 bits per heavy atom. The zero-order chi connectivity index (χ0) is 48.5. The van der Waals surface area contributed by atoms with Gasteiger partial charge in [-0.05, 0) is 99.2 Å². The number of hydrogen-bond donors (Lipinski definition) is 0. The van der Waals surface area contributed by atoms with Crippen LogP contribution < -0.4 is 9.80 Å². The molecule has 16 nitrogen and oxygen atoms in total. The number of rotatable bonds is 11. The van der Waals surface area contributed by atoms with E-state index >= 15 is 0 Å². The Labute approximate surface area is 404 Å². The van der Waals surface area contributed by atoms with Crippen LogP contribution in [0.1, 0.15) is 108 Å². The molecule has 1 unspecified atom stereocenters. The maximum atomic E-state index is 13.7. The number of carbonyl (C=O) groups excluding carboxylic acids is 3. The standard InChI is InChI=1S/C29H36FN5O4.C23H23FN4O3/c1-37-18-23-17-34(14-15-39-23)21-10-12-33(13-11-21)25-16-24(29(36)38-2)31-28-26(25)27(19-4-3-5-19)32-35(28)22-8-6-20(30)7-9-22;1-31-23(30)18-13-19(27-11-9-17(29)10-12-27)20-21(14-3-2-4-14)26-28(22(20)25-18)16-7-5-15(24)6-8-16/h6-9,16,19,21,23H,3-5,10-15,17-18H2,1-2H3;5-8,13-14H,2-4,9-12H2,1H3. The van der Waals surface area contributed by atoms with Crippen LogP contribution in [0.5, 0.6) is 0 Å². The van der Waals surface area contributed by atoms with Gasteiger partial charge in [0.25, 0.3) is 0 Å². The summed E-state index contributed by atoms with van der Waals surface area (Å²) in [5, 5.41) is 11.8. The van der Waals surface area contributed by atoms with Crippen LogP contribution in [0.25, 0.3) is 33.4 Å². The van der Waals surface area contributed by atoms with E-state index in [9.17, 15) is 23.2 Å². The molecule has 11 rings (SSSR count). The average molecular weight is 960 g/mol. The average Bonchev–Trinajstić information content (AvgIpc) is 3.92. The summed E-state index contributed by atoms with van der Waals surface area (Å²) in [6.45, 7) is 6.07. The molecule has 2 aromatic carbocycles. The van der Waals surface area contributed by atoms with Gasteiger partial charge >= 0.3 is 11.9 Å². The van der Waals surface area contributed by atoms with Crippen molar-refractivity contribution < 1.29 is 42.1 Å². The summed E-state index contributed by atoms with van der Waals surface area (Å²) in [5.74, 6) is -0.745. The number of halogens is 2. The lowest BCUT2D eigenvalue weighted by Crippen LogP contribution is -2.52. The molecule has 2 saturated carbocycles. The first-order valence-electron chi connectivity index (χ1n) is 24.5. The van der Waals surface area contributed by atoms with E-state index < -0.39 is 11.9 Å². The highest BCUT2D eigenvalue weighted by Gasteiger charge is 2.35. The van der Waals surface area contributed by atoms with Crippen molar-refractivity contribution in [2.24, 2.45) is 0 Å². The molecule has 2 aliphatic carbocycles. The van der Waals surface area contributed by atoms with Gasteiger partial charge in [0.05, 0.1) is 78.4 Å². The molecule has 6 aromatic rings. The lowest BCUT2D eigenvalue weighted by molar-refractivity contribution is -0.119. The van der Waals surface area contributed by atoms with Crippen molar-refractivity contribution in [1.29, 1.82) is 0 Å². The largest absolute Gasteiger partial charge is 0.464 e. The smallest absolute Gasteiger partial charge is 0.356 e. The molecule has 18 heteroatoms. The van der Waals surface area contributed by atoms with Gasteiger partial charge in [0.1, 0.15) is 17.4 Å². The first kappa shape index (κ1) is 47.3. The van der Waals surface area contributed by atoms with Gasteiger partial charge in [-0.25, -0.2) is 37.7 Å². The number of esters is 2. The molecule has 70 heavy (non-hydrogen) atoms. The van der Waals surface area contributed by atoms with Crippen LogP contribution in [-0.2, 0) is 23.7 Å². The number of ketones is 1. The molecule has 0 bridgehead atoms. The van der Waals surface area contributed by atoms with Gasteiger partial charge in [0.2, 0.25) is 0 Å². The summed E-state index contributed by atoms with van der Waals surface area (Å²) in [6, 6.07) is 16.4. The molecular formula is C52H59F2N9O7. The molecule has 0 radical (unpaired) electrons. The van der Waals surface area contributed by atoms with Gasteiger partial charge in [-0.2, -0.15) is 10.2 Å². The van der Waals surface area contributed by atoms with Gasteiger partial charge in [0.15, 0.2) is 22.7 Å². The molecule has 4 aromatic heterocycles. The third-order valence-electron chi connectivity index (χ3n) is 14.7. The lowest BCUT2D eigenvalue weighted by atomic mass is 9.82. The number of pyridine rings is 2. The number of aromatic nitrogens is 6. The molecule has 5 aliphatic rings. The normalized spacial score (nSPS) is 19.4. The number of methoxy groups -OCH3 is 3. The predicted molar refractivity (Wildman–Crippen MR) is 258 cm³/mol. The number of nitrogens with zero attached hydrogens (tertiary/aromatic N) is 9. The van der Waals surface area contributed by atoms with Crippen LogP contribution in [0, 0.1) is 11.6 Å². The molecular weight excluding hydrogens is 901 g/mol. The highest BCUT2D eigenvalue weighted by Crippen LogP contribution is 2.45. The first-order chi connectivity index (χ1) is 34.1. The zero-order valence-corrected chi connectivity index (χ0v) is 39.9. The second kappa shape index (κ2) is 20.5. The number of carbonyl (C=O) groups is 3. The second-order valence-corrected chi connectivity index (χ2v) is 18.9. The Morgan fingerprint density at radius 2 is 1.13 bits per heavy atom. The third kappa shape index (κ3) is 9.48. The van der Waals surface area contributed by atoms with Crippen LogP contribution in [0.2, 0.25) is 0 Å². The molecule has 0 N–H and O–H groups in total. The van der Waals surface area contributed by atoms with Crippen molar-refractivity contribution in [3.8, 4) is 11.4 Å². The van der Waals surface area contributed by atoms with E-state index in [1.165, 1.54) is 44.9 Å². The summed E-state index contributed by atoms with van der Waals surface area (Å²) in [5.41, 5.74) is 6.77. The van der Waals surface area contributed by atoms with Gasteiger partial charge in [0, 0.05) is 77.1 Å². The van der Waals surface area contributed by atoms with Gasteiger partial charge < -0.3 is 28.7 Å². The summed E-state index contributed by atoms with van der Waals surface area (Å²) in [7, 11) is 4.41. The van der Waals surface area contributed by atoms with E-state index in [4.69, 9.17) is 34.1 Å². The predicted octanol–water partition coefficient (Wildman–Crippen LogP) is 7.71. The van der Waals surface area contributed by atoms with Crippen LogP contribution in [0.15, 0.2) is 60.7 Å². The van der Waals surface area contributed by atoms with E-state index in [2.05, 4.69) is 19.7 Å². The Hall–Kier alpha value is -6.37. The van der Waals surface area contributed by atoms with E-state index in [1.807, 2.05) is 6.07 Å². The number of benzene rings is 2. The maximum absolute atomic E-state index is 13.7. The Balaban J connectivity index is 0.000000166. The summed E-state index contributed by atoms with van der Waals surface area (Å²) < 4.78 is 51.9. The molecule has 5 fully saturated rings. The van der Waals surface area contributed by atoms with E-state index in [1.54, 1.807) is 46.8 Å². The Morgan fingerprint density at radius 3 is 1.56 bits per heavy atom. The number of anilines is 2. The summed E-state index contributed by atoms with van der Waals surface area (Å²) >= 11 is 0. The molecule has 3 saturated heterocycles. The quantitative estimate of drug-likeness (QED) is 0.116. The monoisotopic (exact) mass is 959 g/mol. The van der Waals surface area contributed by atoms with Crippen LogP contribution in [0.4, 0.5) is 20.2 Å². The van der Waals surface area contributed by atoms with E-state index in [0.717, 1.165) is 111 Å². The fraction of sp³-hybridized carbons (Fsp3) is 0.481. The third-order valence-corrected chi connectivity index (χ3v) is 14.7. The number of Topliss-reactive ketones (excluding diaryl/α,β-unsaturated/α-hetero) is 1. The fourth-order valence-corrected chi connectivity index (χ4v) is 10.5. The van der Waals surface area contributed by atoms with Crippen molar-refractivity contribution in [2.45, 2.75) is 88.2 Å². The fourth-order valence-electron chi connectivity index (χ4n) is 10.5. The van der Waals surface area contributed by atoms with Gasteiger partial charge in [-0.15, -0.1) is 0 Å². The van der Waals surface area contributed by atoms with Crippen molar-refractivity contribution in [3.63, 3.8) is 0 Å². The highest BCUT2D eigenvalue weighted by atomic mass is 19.1. The Bertz CT molecular complexity index is 2860. The zero-order valence-electron chi connectivity index (χ0n) is 39.9. The number of piperidine rings is 2.